The Morgan fingerprint density at radius 2 is 2.06 bits per heavy atom. The fraction of sp³-hybridized carbons (Fsp3) is 0.0769. The lowest BCUT2D eigenvalue weighted by Gasteiger charge is -2.06. The van der Waals surface area contributed by atoms with Gasteiger partial charge in [0.25, 0.3) is 0 Å². The minimum absolute atomic E-state index is 0.0344. The molecule has 0 amide bonds. The van der Waals surface area contributed by atoms with Crippen molar-refractivity contribution in [2.45, 2.75) is 6.92 Å². The van der Waals surface area contributed by atoms with E-state index in [0.717, 1.165) is 6.07 Å². The third-order valence-corrected chi connectivity index (χ3v) is 2.27. The number of halogens is 2. The van der Waals surface area contributed by atoms with Crippen molar-refractivity contribution in [3.05, 3.63) is 53.7 Å². The van der Waals surface area contributed by atoms with Crippen LogP contribution in [-0.4, -0.2) is 10.8 Å². The van der Waals surface area contributed by atoms with E-state index in [1.165, 1.54) is 37.4 Å². The van der Waals surface area contributed by atoms with Crippen LogP contribution in [0.15, 0.2) is 36.5 Å². The molecule has 5 heteroatoms. The standard InChI is InChI=1S/C13H9F2NO2/c1-8(17)9-5-6-16-12(7-9)18-11-4-2-3-10(14)13(11)15/h2-7H,1H3. The highest BCUT2D eigenvalue weighted by Gasteiger charge is 2.11. The summed E-state index contributed by atoms with van der Waals surface area (Å²) >= 11 is 0. The van der Waals surface area contributed by atoms with E-state index < -0.39 is 11.6 Å². The van der Waals surface area contributed by atoms with Gasteiger partial charge in [-0.05, 0) is 25.1 Å². The molecule has 0 saturated heterocycles. The molecule has 0 atom stereocenters. The number of pyridine rings is 1. The van der Waals surface area contributed by atoms with Gasteiger partial charge in [0.05, 0.1) is 0 Å². The first-order valence-corrected chi connectivity index (χ1v) is 5.17. The summed E-state index contributed by atoms with van der Waals surface area (Å²) in [5.74, 6) is -2.50. The highest BCUT2D eigenvalue weighted by molar-refractivity contribution is 5.94. The Labute approximate surface area is 102 Å². The number of Topliss-reactive ketones (excluding diaryl/α,β-unsaturated/α-hetero) is 1. The number of ether oxygens (including phenoxy) is 1. The van der Waals surface area contributed by atoms with Gasteiger partial charge < -0.3 is 4.74 Å². The topological polar surface area (TPSA) is 39.2 Å². The summed E-state index contributed by atoms with van der Waals surface area (Å²) in [6.45, 7) is 1.39. The van der Waals surface area contributed by atoms with Crippen LogP contribution >= 0.6 is 0 Å². The van der Waals surface area contributed by atoms with Crippen LogP contribution in [0.1, 0.15) is 17.3 Å². The first-order valence-electron chi connectivity index (χ1n) is 5.17. The number of nitrogens with zero attached hydrogens (tertiary/aromatic N) is 1. The first-order chi connectivity index (χ1) is 8.58. The number of aromatic nitrogens is 1. The maximum absolute atomic E-state index is 13.4. The van der Waals surface area contributed by atoms with E-state index in [1.54, 1.807) is 0 Å². The Morgan fingerprint density at radius 1 is 1.28 bits per heavy atom. The molecule has 0 bridgehead atoms. The quantitative estimate of drug-likeness (QED) is 0.783. The molecule has 0 saturated carbocycles. The fourth-order valence-corrected chi connectivity index (χ4v) is 1.36. The lowest BCUT2D eigenvalue weighted by atomic mass is 10.2. The number of ketones is 1. The number of carbonyl (C=O) groups is 1. The minimum Gasteiger partial charge on any atom is -0.436 e. The minimum atomic E-state index is -1.09. The molecule has 0 aliphatic heterocycles. The Bertz CT molecular complexity index is 599. The highest BCUT2D eigenvalue weighted by Crippen LogP contribution is 2.24. The summed E-state index contributed by atoms with van der Waals surface area (Å²) in [6.07, 6.45) is 1.36. The van der Waals surface area contributed by atoms with Crippen molar-refractivity contribution in [1.29, 1.82) is 0 Å². The normalized spacial score (nSPS) is 10.2. The van der Waals surface area contributed by atoms with Crippen LogP contribution in [0.25, 0.3) is 0 Å². The molecule has 2 aromatic rings. The fourth-order valence-electron chi connectivity index (χ4n) is 1.36. The third-order valence-electron chi connectivity index (χ3n) is 2.27. The zero-order valence-corrected chi connectivity index (χ0v) is 9.48. The second-order valence-electron chi connectivity index (χ2n) is 3.59. The van der Waals surface area contributed by atoms with Gasteiger partial charge in [0.1, 0.15) is 0 Å². The van der Waals surface area contributed by atoms with Crippen molar-refractivity contribution < 1.29 is 18.3 Å². The predicted molar refractivity (Wildman–Crippen MR) is 60.7 cm³/mol. The van der Waals surface area contributed by atoms with E-state index in [2.05, 4.69) is 4.98 Å². The zero-order valence-electron chi connectivity index (χ0n) is 9.48. The first kappa shape index (κ1) is 12.2. The van der Waals surface area contributed by atoms with Gasteiger partial charge in [0.15, 0.2) is 17.3 Å². The Kier molecular flexibility index (Phi) is 3.32. The molecule has 0 radical (unpaired) electrons. The van der Waals surface area contributed by atoms with Crippen LogP contribution < -0.4 is 4.74 Å². The summed E-state index contributed by atoms with van der Waals surface area (Å²) in [6, 6.07) is 6.47. The average Bonchev–Trinajstić information content (AvgIpc) is 2.35. The SMILES string of the molecule is CC(=O)c1ccnc(Oc2cccc(F)c2F)c1. The van der Waals surface area contributed by atoms with Crippen molar-refractivity contribution >= 4 is 5.78 Å². The van der Waals surface area contributed by atoms with E-state index in [-0.39, 0.29) is 17.4 Å². The molecule has 0 aliphatic carbocycles. The van der Waals surface area contributed by atoms with Gasteiger partial charge in [-0.3, -0.25) is 4.79 Å². The van der Waals surface area contributed by atoms with E-state index in [9.17, 15) is 13.6 Å². The Morgan fingerprint density at radius 3 is 2.78 bits per heavy atom. The average molecular weight is 249 g/mol. The van der Waals surface area contributed by atoms with Crippen molar-refractivity contribution in [1.82, 2.24) is 4.98 Å². The van der Waals surface area contributed by atoms with Gasteiger partial charge in [-0.1, -0.05) is 6.07 Å². The molecule has 0 unspecified atom stereocenters. The summed E-state index contributed by atoms with van der Waals surface area (Å²) < 4.78 is 31.4. The number of hydrogen-bond donors (Lipinski definition) is 0. The summed E-state index contributed by atoms with van der Waals surface area (Å²) in [5.41, 5.74) is 0.386. The molecule has 92 valence electrons. The van der Waals surface area contributed by atoms with Crippen LogP contribution in [0.2, 0.25) is 0 Å². The molecule has 3 nitrogen and oxygen atoms in total. The van der Waals surface area contributed by atoms with E-state index in [0.29, 0.717) is 5.56 Å². The number of hydrogen-bond acceptors (Lipinski definition) is 3. The third kappa shape index (κ3) is 2.51. The number of rotatable bonds is 3. The molecule has 0 fully saturated rings. The number of benzene rings is 1. The van der Waals surface area contributed by atoms with Crippen LogP contribution in [0.4, 0.5) is 8.78 Å². The van der Waals surface area contributed by atoms with Crippen molar-refractivity contribution in [3.8, 4) is 11.6 Å². The summed E-state index contributed by atoms with van der Waals surface area (Å²) in [5, 5.41) is 0. The largest absolute Gasteiger partial charge is 0.436 e. The molecule has 1 aromatic carbocycles. The van der Waals surface area contributed by atoms with Gasteiger partial charge in [-0.2, -0.15) is 4.39 Å². The monoisotopic (exact) mass is 249 g/mol. The number of carbonyl (C=O) groups excluding carboxylic acids is 1. The van der Waals surface area contributed by atoms with Crippen molar-refractivity contribution in [3.63, 3.8) is 0 Å². The molecule has 0 aliphatic rings. The van der Waals surface area contributed by atoms with Gasteiger partial charge in [-0.15, -0.1) is 0 Å². The van der Waals surface area contributed by atoms with Crippen LogP contribution in [0.5, 0.6) is 11.6 Å². The Hall–Kier alpha value is -2.30. The predicted octanol–water partition coefficient (Wildman–Crippen LogP) is 3.35. The van der Waals surface area contributed by atoms with E-state index >= 15 is 0 Å². The molecule has 1 heterocycles. The summed E-state index contributed by atoms with van der Waals surface area (Å²) in [4.78, 5) is 15.0. The molecule has 0 N–H and O–H groups in total. The van der Waals surface area contributed by atoms with Crippen molar-refractivity contribution in [2.75, 3.05) is 0 Å². The van der Waals surface area contributed by atoms with Gasteiger partial charge in [0.2, 0.25) is 11.7 Å². The van der Waals surface area contributed by atoms with E-state index in [1.807, 2.05) is 0 Å². The van der Waals surface area contributed by atoms with Gasteiger partial charge in [-0.25, -0.2) is 9.37 Å². The van der Waals surface area contributed by atoms with E-state index in [4.69, 9.17) is 4.74 Å². The molecule has 1 aromatic heterocycles. The molecule has 18 heavy (non-hydrogen) atoms. The molecule has 0 spiro atoms. The highest BCUT2D eigenvalue weighted by atomic mass is 19.2. The van der Waals surface area contributed by atoms with Crippen molar-refractivity contribution in [2.24, 2.45) is 0 Å². The zero-order chi connectivity index (χ0) is 13.1. The Balaban J connectivity index is 2.31. The molecular weight excluding hydrogens is 240 g/mol. The lowest BCUT2D eigenvalue weighted by Crippen LogP contribution is -1.96. The maximum Gasteiger partial charge on any atom is 0.220 e. The van der Waals surface area contributed by atoms with Crippen LogP contribution in [-0.2, 0) is 0 Å². The second-order valence-corrected chi connectivity index (χ2v) is 3.59. The second kappa shape index (κ2) is 4.91. The van der Waals surface area contributed by atoms with Crippen LogP contribution in [0, 0.1) is 11.6 Å². The van der Waals surface area contributed by atoms with Gasteiger partial charge in [0, 0.05) is 17.8 Å². The molecular formula is C13H9F2NO2. The smallest absolute Gasteiger partial charge is 0.220 e. The van der Waals surface area contributed by atoms with Gasteiger partial charge >= 0.3 is 0 Å². The van der Waals surface area contributed by atoms with Crippen LogP contribution in [0.3, 0.4) is 0 Å². The summed E-state index contributed by atoms with van der Waals surface area (Å²) in [7, 11) is 0. The maximum atomic E-state index is 13.4. The lowest BCUT2D eigenvalue weighted by molar-refractivity contribution is 0.101. The molecule has 2 rings (SSSR count).